The lowest BCUT2D eigenvalue weighted by atomic mass is 9.92. The Hall–Kier alpha value is -1.46. The van der Waals surface area contributed by atoms with Gasteiger partial charge in [0, 0.05) is 25.1 Å². The third kappa shape index (κ3) is 4.09. The van der Waals surface area contributed by atoms with E-state index < -0.39 is 0 Å². The SMILES string of the molecule is COCc1cc(CNC(=O)[C@@H]2C[C@H]2C2CCNCC2)ccc1F. The summed E-state index contributed by atoms with van der Waals surface area (Å²) in [5.74, 6) is 1.32. The van der Waals surface area contributed by atoms with Crippen molar-refractivity contribution < 1.29 is 13.9 Å². The summed E-state index contributed by atoms with van der Waals surface area (Å²) in [7, 11) is 1.54. The Morgan fingerprint density at radius 1 is 1.39 bits per heavy atom. The Kier molecular flexibility index (Phi) is 5.28. The predicted molar refractivity (Wildman–Crippen MR) is 86.2 cm³/mol. The smallest absolute Gasteiger partial charge is 0.223 e. The molecule has 1 aliphatic heterocycles. The van der Waals surface area contributed by atoms with E-state index in [1.165, 1.54) is 18.9 Å². The van der Waals surface area contributed by atoms with Crippen LogP contribution in [0.3, 0.4) is 0 Å². The van der Waals surface area contributed by atoms with Crippen LogP contribution in [0.1, 0.15) is 30.4 Å². The average molecular weight is 320 g/mol. The molecule has 1 aromatic rings. The number of nitrogens with one attached hydrogen (secondary N) is 2. The lowest BCUT2D eigenvalue weighted by Gasteiger charge is -2.22. The average Bonchev–Trinajstić information content (AvgIpc) is 3.37. The highest BCUT2D eigenvalue weighted by atomic mass is 19.1. The van der Waals surface area contributed by atoms with Crippen LogP contribution in [-0.2, 0) is 22.7 Å². The van der Waals surface area contributed by atoms with Crippen molar-refractivity contribution in [2.75, 3.05) is 20.2 Å². The van der Waals surface area contributed by atoms with E-state index in [1.54, 1.807) is 19.2 Å². The Balaban J connectivity index is 1.49. The second kappa shape index (κ2) is 7.41. The minimum atomic E-state index is -0.268. The molecule has 1 heterocycles. The Labute approximate surface area is 136 Å². The van der Waals surface area contributed by atoms with Crippen LogP contribution >= 0.6 is 0 Å². The van der Waals surface area contributed by atoms with E-state index in [1.807, 2.05) is 0 Å². The maximum atomic E-state index is 13.6. The van der Waals surface area contributed by atoms with Crippen molar-refractivity contribution in [3.8, 4) is 0 Å². The molecule has 0 bridgehead atoms. The zero-order valence-electron chi connectivity index (χ0n) is 13.6. The number of carbonyl (C=O) groups excluding carboxylic acids is 1. The lowest BCUT2D eigenvalue weighted by Crippen LogP contribution is -2.31. The van der Waals surface area contributed by atoms with Gasteiger partial charge >= 0.3 is 0 Å². The number of benzene rings is 1. The van der Waals surface area contributed by atoms with Crippen molar-refractivity contribution in [3.05, 3.63) is 35.1 Å². The number of halogens is 1. The molecule has 0 radical (unpaired) electrons. The van der Waals surface area contributed by atoms with E-state index in [0.29, 0.717) is 23.9 Å². The van der Waals surface area contributed by atoms with E-state index in [-0.39, 0.29) is 24.2 Å². The predicted octanol–water partition coefficient (Wildman–Crippen LogP) is 2.22. The number of amides is 1. The first-order chi connectivity index (χ1) is 11.2. The van der Waals surface area contributed by atoms with Gasteiger partial charge in [0.15, 0.2) is 0 Å². The number of rotatable bonds is 6. The van der Waals surface area contributed by atoms with Crippen LogP contribution in [0, 0.1) is 23.6 Å². The molecule has 1 aliphatic carbocycles. The minimum Gasteiger partial charge on any atom is -0.380 e. The molecule has 1 saturated carbocycles. The summed E-state index contributed by atoms with van der Waals surface area (Å²) in [5.41, 5.74) is 1.43. The van der Waals surface area contributed by atoms with Gasteiger partial charge in [0.2, 0.25) is 5.91 Å². The van der Waals surface area contributed by atoms with Crippen molar-refractivity contribution >= 4 is 5.91 Å². The standard InChI is InChI=1S/C18H25FN2O2/c1-23-11-14-8-12(2-3-17(14)19)10-21-18(22)16-9-15(16)13-4-6-20-7-5-13/h2-3,8,13,15-16,20H,4-7,9-11H2,1H3,(H,21,22)/t15-,16+/m0/s1. The molecule has 0 spiro atoms. The second-order valence-corrected chi connectivity index (χ2v) is 6.67. The van der Waals surface area contributed by atoms with E-state index in [0.717, 1.165) is 25.1 Å². The molecule has 2 aliphatic rings. The molecule has 126 valence electrons. The van der Waals surface area contributed by atoms with Gasteiger partial charge in [-0.25, -0.2) is 4.39 Å². The Morgan fingerprint density at radius 2 is 2.17 bits per heavy atom. The number of piperidine rings is 1. The zero-order valence-corrected chi connectivity index (χ0v) is 13.6. The number of hydrogen-bond acceptors (Lipinski definition) is 3. The van der Waals surface area contributed by atoms with Crippen LogP contribution in [-0.4, -0.2) is 26.1 Å². The molecule has 0 aromatic heterocycles. The molecular formula is C18H25FN2O2. The van der Waals surface area contributed by atoms with Gasteiger partial charge in [-0.2, -0.15) is 0 Å². The Bertz CT molecular complexity index is 558. The fraction of sp³-hybridized carbons (Fsp3) is 0.611. The lowest BCUT2D eigenvalue weighted by molar-refractivity contribution is -0.123. The quantitative estimate of drug-likeness (QED) is 0.845. The number of methoxy groups -OCH3 is 1. The van der Waals surface area contributed by atoms with E-state index in [4.69, 9.17) is 4.74 Å². The summed E-state index contributed by atoms with van der Waals surface area (Å²) in [6.07, 6.45) is 3.40. The van der Waals surface area contributed by atoms with Crippen molar-refractivity contribution in [2.24, 2.45) is 17.8 Å². The third-order valence-corrected chi connectivity index (χ3v) is 5.04. The molecule has 5 heteroatoms. The molecule has 2 atom stereocenters. The van der Waals surface area contributed by atoms with E-state index in [2.05, 4.69) is 10.6 Å². The highest BCUT2D eigenvalue weighted by Crippen LogP contribution is 2.47. The van der Waals surface area contributed by atoms with Crippen LogP contribution in [0.2, 0.25) is 0 Å². The molecule has 2 fully saturated rings. The molecule has 1 aromatic carbocycles. The van der Waals surface area contributed by atoms with Gasteiger partial charge in [-0.3, -0.25) is 4.79 Å². The highest BCUT2D eigenvalue weighted by Gasteiger charge is 2.47. The van der Waals surface area contributed by atoms with Crippen LogP contribution in [0.4, 0.5) is 4.39 Å². The van der Waals surface area contributed by atoms with Crippen molar-refractivity contribution in [1.29, 1.82) is 0 Å². The topological polar surface area (TPSA) is 50.4 Å². The molecule has 23 heavy (non-hydrogen) atoms. The van der Waals surface area contributed by atoms with E-state index in [9.17, 15) is 9.18 Å². The number of hydrogen-bond donors (Lipinski definition) is 2. The molecule has 0 unspecified atom stereocenters. The van der Waals surface area contributed by atoms with Gasteiger partial charge in [-0.15, -0.1) is 0 Å². The summed E-state index contributed by atoms with van der Waals surface area (Å²) in [5, 5.41) is 6.37. The zero-order chi connectivity index (χ0) is 16.2. The summed E-state index contributed by atoms with van der Waals surface area (Å²) in [6.45, 7) is 2.85. The number of carbonyl (C=O) groups is 1. The van der Waals surface area contributed by atoms with Gasteiger partial charge < -0.3 is 15.4 Å². The fourth-order valence-corrected chi connectivity index (χ4v) is 3.63. The first-order valence-electron chi connectivity index (χ1n) is 8.43. The number of ether oxygens (including phenoxy) is 1. The maximum Gasteiger partial charge on any atom is 0.223 e. The second-order valence-electron chi connectivity index (χ2n) is 6.67. The van der Waals surface area contributed by atoms with Gasteiger partial charge in [0.25, 0.3) is 0 Å². The summed E-state index contributed by atoms with van der Waals surface area (Å²) >= 11 is 0. The van der Waals surface area contributed by atoms with Crippen molar-refractivity contribution in [1.82, 2.24) is 10.6 Å². The van der Waals surface area contributed by atoms with Crippen LogP contribution in [0.5, 0.6) is 0 Å². The summed E-state index contributed by atoms with van der Waals surface area (Å²) < 4.78 is 18.6. The molecule has 3 rings (SSSR count). The largest absolute Gasteiger partial charge is 0.380 e. The minimum absolute atomic E-state index is 0.145. The third-order valence-electron chi connectivity index (χ3n) is 5.04. The van der Waals surface area contributed by atoms with Crippen molar-refractivity contribution in [2.45, 2.75) is 32.4 Å². The first-order valence-corrected chi connectivity index (χ1v) is 8.43. The van der Waals surface area contributed by atoms with Gasteiger partial charge in [-0.05, 0) is 61.9 Å². The maximum absolute atomic E-state index is 13.6. The summed E-state index contributed by atoms with van der Waals surface area (Å²) in [4.78, 5) is 12.3. The molecule has 2 N–H and O–H groups in total. The monoisotopic (exact) mass is 320 g/mol. The Morgan fingerprint density at radius 3 is 2.91 bits per heavy atom. The molecule has 1 amide bonds. The highest BCUT2D eigenvalue weighted by molar-refractivity contribution is 5.81. The van der Waals surface area contributed by atoms with Crippen LogP contribution in [0.25, 0.3) is 0 Å². The van der Waals surface area contributed by atoms with Gasteiger partial charge in [0.1, 0.15) is 5.82 Å². The van der Waals surface area contributed by atoms with Crippen molar-refractivity contribution in [3.63, 3.8) is 0 Å². The normalized spacial score (nSPS) is 24.4. The van der Waals surface area contributed by atoms with E-state index >= 15 is 0 Å². The fourth-order valence-electron chi connectivity index (χ4n) is 3.63. The first kappa shape index (κ1) is 16.4. The molecular weight excluding hydrogens is 295 g/mol. The van der Waals surface area contributed by atoms with Gasteiger partial charge in [0.05, 0.1) is 6.61 Å². The molecule has 4 nitrogen and oxygen atoms in total. The summed E-state index contributed by atoms with van der Waals surface area (Å²) in [6, 6.07) is 4.91. The van der Waals surface area contributed by atoms with Crippen LogP contribution in [0.15, 0.2) is 18.2 Å². The molecule has 1 saturated heterocycles. The van der Waals surface area contributed by atoms with Gasteiger partial charge in [-0.1, -0.05) is 6.07 Å². The van der Waals surface area contributed by atoms with Crippen LogP contribution < -0.4 is 10.6 Å².